The van der Waals surface area contributed by atoms with Crippen LogP contribution in [-0.2, 0) is 9.59 Å². The van der Waals surface area contributed by atoms with Gasteiger partial charge in [-0.2, -0.15) is 0 Å². The molecule has 4 aliphatic carbocycles. The number of hydrogen-bond acceptors (Lipinski definition) is 3. The highest BCUT2D eigenvalue weighted by molar-refractivity contribution is 5.95. The van der Waals surface area contributed by atoms with Gasteiger partial charge in [-0.15, -0.1) is 0 Å². The molecule has 0 heterocycles. The minimum Gasteiger partial charge on any atom is -0.504 e. The fourth-order valence-corrected chi connectivity index (χ4v) is 6.46. The molecule has 4 rings (SSSR count). The Kier molecular flexibility index (Phi) is 2.93. The van der Waals surface area contributed by atoms with Crippen molar-refractivity contribution in [2.24, 2.45) is 28.6 Å². The van der Waals surface area contributed by atoms with Crippen molar-refractivity contribution in [1.29, 1.82) is 0 Å². The van der Waals surface area contributed by atoms with Crippen LogP contribution in [0.15, 0.2) is 11.3 Å². The van der Waals surface area contributed by atoms with Gasteiger partial charge in [0.05, 0.1) is 0 Å². The lowest BCUT2D eigenvalue weighted by atomic mass is 9.47. The van der Waals surface area contributed by atoms with Crippen LogP contribution in [0.4, 0.5) is 0 Å². The van der Waals surface area contributed by atoms with Crippen LogP contribution in [0, 0.1) is 28.6 Å². The molecular weight excluding hydrogens is 276 g/mol. The number of rotatable bonds is 0. The summed E-state index contributed by atoms with van der Waals surface area (Å²) in [6.07, 6.45) is 7.13. The molecule has 3 heteroatoms. The first-order chi connectivity index (χ1) is 10.4. The molecule has 0 aliphatic heterocycles. The third-order valence-corrected chi connectivity index (χ3v) is 7.80. The highest BCUT2D eigenvalue weighted by Crippen LogP contribution is 2.64. The minimum atomic E-state index is -0.0920. The Bertz CT molecular complexity index is 589. The van der Waals surface area contributed by atoms with Crippen LogP contribution in [0.5, 0.6) is 0 Å². The Morgan fingerprint density at radius 1 is 0.909 bits per heavy atom. The van der Waals surface area contributed by atoms with Crippen LogP contribution < -0.4 is 0 Å². The van der Waals surface area contributed by atoms with Crippen molar-refractivity contribution in [2.75, 3.05) is 0 Å². The van der Waals surface area contributed by atoms with Crippen molar-refractivity contribution < 1.29 is 14.7 Å². The van der Waals surface area contributed by atoms with Crippen molar-refractivity contribution in [1.82, 2.24) is 0 Å². The Balaban J connectivity index is 1.73. The van der Waals surface area contributed by atoms with E-state index in [2.05, 4.69) is 13.8 Å². The van der Waals surface area contributed by atoms with Gasteiger partial charge >= 0.3 is 0 Å². The van der Waals surface area contributed by atoms with E-state index in [-0.39, 0.29) is 22.4 Å². The van der Waals surface area contributed by atoms with E-state index in [1.54, 1.807) is 0 Å². The molecular formula is C19H26O3. The maximum Gasteiger partial charge on any atom is 0.197 e. The van der Waals surface area contributed by atoms with Crippen molar-refractivity contribution >= 4 is 11.6 Å². The standard InChI is InChI=1S/C19H26O3/c1-18-10-8-15(20)17(22)14(18)4-3-11-12-5-6-16(21)19(12,2)9-7-13(11)18/h11-13,22H,3-10H2,1-2H3/t11?,12-,13-,18+,19?/m0/s1. The molecule has 0 radical (unpaired) electrons. The van der Waals surface area contributed by atoms with Gasteiger partial charge in [0, 0.05) is 18.3 Å². The van der Waals surface area contributed by atoms with E-state index in [0.717, 1.165) is 50.5 Å². The second-order valence-corrected chi connectivity index (χ2v) is 8.50. The molecule has 3 nitrogen and oxygen atoms in total. The SMILES string of the molecule is CC12CC[C@H]3C(CCC4=C(O)C(=O)CC[C@@]43C)[C@@H]1CCC2=O. The van der Waals surface area contributed by atoms with Crippen molar-refractivity contribution in [3.05, 3.63) is 11.3 Å². The predicted molar refractivity (Wildman–Crippen MR) is 83.3 cm³/mol. The maximum absolute atomic E-state index is 12.4. The number of allylic oxidation sites excluding steroid dienone is 1. The first kappa shape index (κ1) is 14.5. The van der Waals surface area contributed by atoms with Gasteiger partial charge in [0.25, 0.3) is 0 Å². The Labute approximate surface area is 132 Å². The summed E-state index contributed by atoms with van der Waals surface area (Å²) in [6, 6.07) is 0. The molecule has 5 atom stereocenters. The average Bonchev–Trinajstić information content (AvgIpc) is 2.79. The summed E-state index contributed by atoms with van der Waals surface area (Å²) in [6.45, 7) is 4.46. The van der Waals surface area contributed by atoms with Gasteiger partial charge in [0.15, 0.2) is 11.5 Å². The van der Waals surface area contributed by atoms with Gasteiger partial charge in [-0.1, -0.05) is 13.8 Å². The van der Waals surface area contributed by atoms with E-state index in [1.807, 2.05) is 0 Å². The Morgan fingerprint density at radius 3 is 2.41 bits per heavy atom. The number of carbonyl (C=O) groups is 2. The van der Waals surface area contributed by atoms with Crippen molar-refractivity contribution in [3.8, 4) is 0 Å². The van der Waals surface area contributed by atoms with Gasteiger partial charge in [0.1, 0.15) is 5.78 Å². The Hall–Kier alpha value is -1.12. The van der Waals surface area contributed by atoms with Gasteiger partial charge in [0.2, 0.25) is 0 Å². The normalized spacial score (nSPS) is 48.0. The van der Waals surface area contributed by atoms with Gasteiger partial charge in [-0.25, -0.2) is 0 Å². The molecule has 3 saturated carbocycles. The first-order valence-corrected chi connectivity index (χ1v) is 8.87. The largest absolute Gasteiger partial charge is 0.504 e. The van der Waals surface area contributed by atoms with Crippen LogP contribution >= 0.6 is 0 Å². The zero-order valence-electron chi connectivity index (χ0n) is 13.7. The predicted octanol–water partition coefficient (Wildman–Crippen LogP) is 3.97. The third-order valence-electron chi connectivity index (χ3n) is 7.80. The average molecular weight is 302 g/mol. The zero-order valence-corrected chi connectivity index (χ0v) is 13.7. The van der Waals surface area contributed by atoms with Crippen LogP contribution in [0.25, 0.3) is 0 Å². The summed E-state index contributed by atoms with van der Waals surface area (Å²) < 4.78 is 0. The number of Topliss-reactive ketones (excluding diaryl/α,β-unsaturated/α-hetero) is 2. The summed E-state index contributed by atoms with van der Waals surface area (Å²) in [4.78, 5) is 24.2. The van der Waals surface area contributed by atoms with Crippen LogP contribution in [0.2, 0.25) is 0 Å². The van der Waals surface area contributed by atoms with Gasteiger partial charge in [-0.05, 0) is 67.3 Å². The van der Waals surface area contributed by atoms with Crippen LogP contribution in [0.1, 0.15) is 65.2 Å². The van der Waals surface area contributed by atoms with Crippen molar-refractivity contribution in [2.45, 2.75) is 65.2 Å². The molecule has 0 amide bonds. The lowest BCUT2D eigenvalue weighted by Gasteiger charge is -2.56. The quantitative estimate of drug-likeness (QED) is 0.736. The highest BCUT2D eigenvalue weighted by atomic mass is 16.3. The second-order valence-electron chi connectivity index (χ2n) is 8.50. The molecule has 22 heavy (non-hydrogen) atoms. The smallest absolute Gasteiger partial charge is 0.197 e. The molecule has 0 bridgehead atoms. The van der Waals surface area contributed by atoms with Crippen LogP contribution in [0.3, 0.4) is 0 Å². The van der Waals surface area contributed by atoms with Crippen LogP contribution in [-0.4, -0.2) is 16.7 Å². The summed E-state index contributed by atoms with van der Waals surface area (Å²) in [5, 5.41) is 10.3. The monoisotopic (exact) mass is 302 g/mol. The number of hydrogen-bond donors (Lipinski definition) is 1. The topological polar surface area (TPSA) is 54.4 Å². The molecule has 4 aliphatic rings. The molecule has 3 fully saturated rings. The Morgan fingerprint density at radius 2 is 1.64 bits per heavy atom. The summed E-state index contributed by atoms with van der Waals surface area (Å²) in [7, 11) is 0. The minimum absolute atomic E-state index is 0.0200. The van der Waals surface area contributed by atoms with Crippen molar-refractivity contribution in [3.63, 3.8) is 0 Å². The molecule has 0 aromatic carbocycles. The molecule has 0 spiro atoms. The molecule has 0 aromatic rings. The summed E-state index contributed by atoms with van der Waals surface area (Å²) in [5.74, 6) is 2.14. The molecule has 120 valence electrons. The second kappa shape index (κ2) is 4.46. The number of aliphatic hydroxyl groups is 1. The van der Waals surface area contributed by atoms with E-state index in [9.17, 15) is 14.7 Å². The number of carbonyl (C=O) groups excluding carboxylic acids is 2. The zero-order chi connectivity index (χ0) is 15.7. The fraction of sp³-hybridized carbons (Fsp3) is 0.789. The number of ketones is 2. The maximum atomic E-state index is 12.4. The summed E-state index contributed by atoms with van der Waals surface area (Å²) >= 11 is 0. The molecule has 2 unspecified atom stereocenters. The van der Waals surface area contributed by atoms with E-state index in [0.29, 0.717) is 30.0 Å². The van der Waals surface area contributed by atoms with E-state index >= 15 is 0 Å². The van der Waals surface area contributed by atoms with Gasteiger partial charge in [-0.3, -0.25) is 9.59 Å². The third kappa shape index (κ3) is 1.63. The number of fused-ring (bicyclic) bond motifs is 5. The number of aliphatic hydroxyl groups excluding tert-OH is 1. The molecule has 1 N–H and O–H groups in total. The first-order valence-electron chi connectivity index (χ1n) is 8.87. The lowest BCUT2D eigenvalue weighted by molar-refractivity contribution is -0.133. The van der Waals surface area contributed by atoms with E-state index < -0.39 is 0 Å². The fourth-order valence-electron chi connectivity index (χ4n) is 6.46. The molecule has 0 saturated heterocycles. The molecule has 0 aromatic heterocycles. The van der Waals surface area contributed by atoms with E-state index in [1.165, 1.54) is 0 Å². The van der Waals surface area contributed by atoms with E-state index in [4.69, 9.17) is 0 Å². The van der Waals surface area contributed by atoms with Gasteiger partial charge < -0.3 is 5.11 Å². The summed E-state index contributed by atoms with van der Waals surface area (Å²) in [5.41, 5.74) is 0.914. The highest BCUT2D eigenvalue weighted by Gasteiger charge is 2.59. The lowest BCUT2D eigenvalue weighted by Crippen LogP contribution is -2.51.